The Hall–Kier alpha value is -1.59. The second-order valence-electron chi connectivity index (χ2n) is 5.40. The van der Waals surface area contributed by atoms with E-state index < -0.39 is 6.04 Å². The first-order chi connectivity index (χ1) is 9.11. The van der Waals surface area contributed by atoms with Gasteiger partial charge in [-0.2, -0.15) is 0 Å². The van der Waals surface area contributed by atoms with Gasteiger partial charge in [-0.1, -0.05) is 6.07 Å². The van der Waals surface area contributed by atoms with Gasteiger partial charge in [-0.15, -0.1) is 0 Å². The lowest BCUT2D eigenvalue weighted by atomic mass is 10.1. The number of benzene rings is 1. The predicted octanol–water partition coefficient (Wildman–Crippen LogP) is 0.481. The summed E-state index contributed by atoms with van der Waals surface area (Å²) in [6, 6.07) is 5.46. The maximum absolute atomic E-state index is 11.8. The van der Waals surface area contributed by atoms with Gasteiger partial charge in [-0.05, 0) is 18.6 Å². The van der Waals surface area contributed by atoms with Crippen molar-refractivity contribution in [2.45, 2.75) is 12.5 Å². The summed E-state index contributed by atoms with van der Waals surface area (Å²) in [6.07, 6.45) is 1.02. The van der Waals surface area contributed by atoms with Crippen molar-refractivity contribution in [3.05, 3.63) is 23.8 Å². The third-order valence-electron chi connectivity index (χ3n) is 4.22. The Bertz CT molecular complexity index is 517. The quantitative estimate of drug-likeness (QED) is 0.812. The number of likely N-dealkylation sites (N-methyl/N-ethyl adjacent to an activating group) is 1. The number of anilines is 2. The van der Waals surface area contributed by atoms with E-state index >= 15 is 0 Å². The zero-order valence-electron chi connectivity index (χ0n) is 11.0. The molecule has 2 aliphatic heterocycles. The molecule has 3 rings (SSSR count). The maximum atomic E-state index is 11.8. The van der Waals surface area contributed by atoms with E-state index in [2.05, 4.69) is 4.90 Å². The van der Waals surface area contributed by atoms with Crippen molar-refractivity contribution < 1.29 is 9.90 Å². The predicted molar refractivity (Wildman–Crippen MR) is 74.2 cm³/mol. The van der Waals surface area contributed by atoms with Crippen LogP contribution >= 0.6 is 0 Å². The molecule has 102 valence electrons. The van der Waals surface area contributed by atoms with Crippen molar-refractivity contribution in [3.63, 3.8) is 0 Å². The third kappa shape index (κ3) is 1.89. The average molecular weight is 261 g/mol. The topological polar surface area (TPSA) is 69.8 Å². The lowest BCUT2D eigenvalue weighted by Crippen LogP contribution is -2.27. The molecule has 5 nitrogen and oxygen atoms in total. The Labute approximate surface area is 112 Å². The number of carbonyl (C=O) groups is 1. The highest BCUT2D eigenvalue weighted by Crippen LogP contribution is 2.37. The molecule has 1 fully saturated rings. The van der Waals surface area contributed by atoms with E-state index in [0.717, 1.165) is 36.4 Å². The molecule has 19 heavy (non-hydrogen) atoms. The van der Waals surface area contributed by atoms with Crippen LogP contribution < -0.4 is 15.5 Å². The van der Waals surface area contributed by atoms with Gasteiger partial charge in [0.1, 0.15) is 6.04 Å². The molecule has 1 aromatic carbocycles. The minimum atomic E-state index is -0.530. The van der Waals surface area contributed by atoms with Crippen LogP contribution in [0.4, 0.5) is 11.4 Å². The van der Waals surface area contributed by atoms with Crippen molar-refractivity contribution >= 4 is 17.3 Å². The molecule has 2 heterocycles. The SMILES string of the molecule is CN1C(=O)C(N)c2ccc(N3CCC(CO)C3)cc21. The van der Waals surface area contributed by atoms with Crippen molar-refractivity contribution in [2.75, 3.05) is 36.5 Å². The van der Waals surface area contributed by atoms with Crippen molar-refractivity contribution in [1.82, 2.24) is 0 Å². The van der Waals surface area contributed by atoms with E-state index in [-0.39, 0.29) is 12.5 Å². The second-order valence-corrected chi connectivity index (χ2v) is 5.40. The van der Waals surface area contributed by atoms with Crippen LogP contribution in [-0.4, -0.2) is 37.8 Å². The Balaban J connectivity index is 1.89. The van der Waals surface area contributed by atoms with Crippen LogP contribution in [0, 0.1) is 5.92 Å². The lowest BCUT2D eigenvalue weighted by Gasteiger charge is -2.20. The smallest absolute Gasteiger partial charge is 0.248 e. The Morgan fingerprint density at radius 2 is 2.26 bits per heavy atom. The van der Waals surface area contributed by atoms with Gasteiger partial charge in [-0.25, -0.2) is 0 Å². The summed E-state index contributed by atoms with van der Waals surface area (Å²) >= 11 is 0. The van der Waals surface area contributed by atoms with Gasteiger partial charge in [0.05, 0.1) is 5.69 Å². The van der Waals surface area contributed by atoms with Gasteiger partial charge in [-0.3, -0.25) is 4.79 Å². The molecular weight excluding hydrogens is 242 g/mol. The normalized spacial score (nSPS) is 26.2. The first-order valence-electron chi connectivity index (χ1n) is 6.64. The second kappa shape index (κ2) is 4.51. The number of aliphatic hydroxyl groups excluding tert-OH is 1. The fraction of sp³-hybridized carbons (Fsp3) is 0.500. The molecule has 0 saturated carbocycles. The molecule has 1 amide bonds. The molecule has 2 atom stereocenters. The lowest BCUT2D eigenvalue weighted by molar-refractivity contribution is -0.118. The molecule has 0 radical (unpaired) electrons. The highest BCUT2D eigenvalue weighted by atomic mass is 16.3. The highest BCUT2D eigenvalue weighted by molar-refractivity contribution is 6.04. The number of nitrogens with zero attached hydrogens (tertiary/aromatic N) is 2. The highest BCUT2D eigenvalue weighted by Gasteiger charge is 2.33. The number of hydrogen-bond acceptors (Lipinski definition) is 4. The Morgan fingerprint density at radius 1 is 1.47 bits per heavy atom. The zero-order valence-corrected chi connectivity index (χ0v) is 11.0. The van der Waals surface area contributed by atoms with E-state index in [4.69, 9.17) is 5.73 Å². The van der Waals surface area contributed by atoms with E-state index in [1.807, 2.05) is 18.2 Å². The molecule has 1 aromatic rings. The van der Waals surface area contributed by atoms with E-state index in [1.54, 1.807) is 11.9 Å². The summed E-state index contributed by atoms with van der Waals surface area (Å²) in [5.41, 5.74) is 8.79. The summed E-state index contributed by atoms with van der Waals surface area (Å²) < 4.78 is 0. The van der Waals surface area contributed by atoms with Crippen LogP contribution in [0.1, 0.15) is 18.0 Å². The monoisotopic (exact) mass is 261 g/mol. The minimum Gasteiger partial charge on any atom is -0.396 e. The summed E-state index contributed by atoms with van der Waals surface area (Å²) in [7, 11) is 1.76. The largest absolute Gasteiger partial charge is 0.396 e. The average Bonchev–Trinajstić information content (AvgIpc) is 2.99. The molecular formula is C14H19N3O2. The van der Waals surface area contributed by atoms with Gasteiger partial charge >= 0.3 is 0 Å². The number of rotatable bonds is 2. The molecule has 5 heteroatoms. The first-order valence-corrected chi connectivity index (χ1v) is 6.64. The summed E-state index contributed by atoms with van der Waals surface area (Å²) in [6.45, 7) is 2.07. The first kappa shape index (κ1) is 12.4. The molecule has 0 aliphatic carbocycles. The number of amides is 1. The zero-order chi connectivity index (χ0) is 13.6. The van der Waals surface area contributed by atoms with E-state index in [1.165, 1.54) is 0 Å². The third-order valence-corrected chi connectivity index (χ3v) is 4.22. The van der Waals surface area contributed by atoms with Crippen molar-refractivity contribution in [1.29, 1.82) is 0 Å². The number of fused-ring (bicyclic) bond motifs is 1. The van der Waals surface area contributed by atoms with Crippen LogP contribution in [-0.2, 0) is 4.79 Å². The molecule has 2 aliphatic rings. The maximum Gasteiger partial charge on any atom is 0.248 e. The summed E-state index contributed by atoms with van der Waals surface area (Å²) in [4.78, 5) is 15.7. The van der Waals surface area contributed by atoms with Crippen LogP contribution in [0.3, 0.4) is 0 Å². The van der Waals surface area contributed by atoms with Crippen molar-refractivity contribution in [2.24, 2.45) is 11.7 Å². The van der Waals surface area contributed by atoms with Gasteiger partial charge in [0, 0.05) is 43.9 Å². The fourth-order valence-electron chi connectivity index (χ4n) is 2.96. The Morgan fingerprint density at radius 3 is 2.95 bits per heavy atom. The van der Waals surface area contributed by atoms with E-state index in [0.29, 0.717) is 5.92 Å². The molecule has 0 aromatic heterocycles. The standard InChI is InChI=1S/C14H19N3O2/c1-16-12-6-10(17-5-4-9(7-17)8-18)2-3-11(12)13(15)14(16)19/h2-3,6,9,13,18H,4-5,7-8,15H2,1H3. The minimum absolute atomic E-state index is 0.0539. The van der Waals surface area contributed by atoms with Crippen molar-refractivity contribution in [3.8, 4) is 0 Å². The molecule has 0 spiro atoms. The molecule has 2 unspecified atom stereocenters. The van der Waals surface area contributed by atoms with Crippen LogP contribution in [0.2, 0.25) is 0 Å². The van der Waals surface area contributed by atoms with Crippen LogP contribution in [0.5, 0.6) is 0 Å². The molecule has 0 bridgehead atoms. The number of nitrogens with two attached hydrogens (primary N) is 1. The van der Waals surface area contributed by atoms with Gasteiger partial charge < -0.3 is 20.6 Å². The van der Waals surface area contributed by atoms with Gasteiger partial charge in [0.25, 0.3) is 0 Å². The number of aliphatic hydroxyl groups is 1. The van der Waals surface area contributed by atoms with Crippen LogP contribution in [0.15, 0.2) is 18.2 Å². The summed E-state index contributed by atoms with van der Waals surface area (Å²) in [5, 5.41) is 9.20. The van der Waals surface area contributed by atoms with Crippen LogP contribution in [0.25, 0.3) is 0 Å². The summed E-state index contributed by atoms with van der Waals surface area (Å²) in [5.74, 6) is 0.302. The fourth-order valence-corrected chi connectivity index (χ4v) is 2.96. The molecule has 3 N–H and O–H groups in total. The molecule has 1 saturated heterocycles. The number of hydrogen-bond donors (Lipinski definition) is 2. The van der Waals surface area contributed by atoms with Gasteiger partial charge in [0.2, 0.25) is 5.91 Å². The Kier molecular flexibility index (Phi) is 2.95. The van der Waals surface area contributed by atoms with E-state index in [9.17, 15) is 9.90 Å². The number of carbonyl (C=O) groups excluding carboxylic acids is 1. The van der Waals surface area contributed by atoms with Gasteiger partial charge in [0.15, 0.2) is 0 Å².